The summed E-state index contributed by atoms with van der Waals surface area (Å²) in [7, 11) is 1.42. The van der Waals surface area contributed by atoms with Gasteiger partial charge in [0, 0.05) is 87.8 Å². The minimum atomic E-state index is -3.34. The number of hydrogen-bond donors (Lipinski definition) is 3. The van der Waals surface area contributed by atoms with Crippen molar-refractivity contribution >= 4 is 29.3 Å². The molecule has 6 rings (SSSR count). The van der Waals surface area contributed by atoms with Gasteiger partial charge in [0.1, 0.15) is 0 Å². The Morgan fingerprint density at radius 1 is 1.02 bits per heavy atom. The van der Waals surface area contributed by atoms with E-state index in [9.17, 15) is 36.7 Å². The molecule has 0 bridgehead atoms. The number of carbonyl (C=O) groups excluding carboxylic acids is 4. The first-order valence-electron chi connectivity index (χ1n) is 18.1. The number of ether oxygens (including phenoxy) is 1. The number of hydrogen-bond acceptors (Lipinski definition) is 7. The van der Waals surface area contributed by atoms with Crippen LogP contribution in [0.3, 0.4) is 0 Å². The summed E-state index contributed by atoms with van der Waals surface area (Å²) in [5.41, 5.74) is 6.88. The van der Waals surface area contributed by atoms with Crippen LogP contribution >= 0.6 is 0 Å². The maximum Gasteiger partial charge on any atom is 0.387 e. The predicted molar refractivity (Wildman–Crippen MR) is 189 cm³/mol. The summed E-state index contributed by atoms with van der Waals surface area (Å²) in [6, 6.07) is 6.84. The SMILES string of the molecule is CCc1cc(NC(=O)c2ncc(-c3ccc(OC(F)F)c(F)c3F)n2C)ccc1C(=O)N1CCN(C(=O)C2CC[N+](CC(N)=O)(CC3CNC3)CC2)CC1. The number of quaternary nitrogens is 1. The molecule has 54 heavy (non-hydrogen) atoms. The highest BCUT2D eigenvalue weighted by Gasteiger charge is 2.42. The smallest absolute Gasteiger partial charge is 0.387 e. The number of alkyl halides is 2. The highest BCUT2D eigenvalue weighted by molar-refractivity contribution is 6.03. The molecular weight excluding hydrogens is 712 g/mol. The second-order valence-corrected chi connectivity index (χ2v) is 14.3. The van der Waals surface area contributed by atoms with Crippen molar-refractivity contribution in [3.8, 4) is 17.0 Å². The normalized spacial score (nSPS) is 20.5. The van der Waals surface area contributed by atoms with Crippen molar-refractivity contribution in [2.45, 2.75) is 32.8 Å². The van der Waals surface area contributed by atoms with Gasteiger partial charge in [-0.15, -0.1) is 0 Å². The van der Waals surface area contributed by atoms with Crippen molar-refractivity contribution < 1.29 is 46.0 Å². The Bertz CT molecular complexity index is 1900. The number of likely N-dealkylation sites (tertiary alicyclic amines) is 1. The lowest BCUT2D eigenvalue weighted by molar-refractivity contribution is -0.929. The molecule has 0 atom stereocenters. The maximum absolute atomic E-state index is 14.8. The lowest BCUT2D eigenvalue weighted by atomic mass is 9.90. The van der Waals surface area contributed by atoms with Gasteiger partial charge in [0.15, 0.2) is 23.9 Å². The number of carbonyl (C=O) groups is 4. The molecule has 2 aromatic carbocycles. The molecule has 3 aliphatic rings. The first kappa shape index (κ1) is 38.7. The monoisotopic (exact) mass is 757 g/mol. The Hall–Kier alpha value is -5.03. The summed E-state index contributed by atoms with van der Waals surface area (Å²) < 4.78 is 60.1. The van der Waals surface area contributed by atoms with Gasteiger partial charge < -0.3 is 40.0 Å². The standard InChI is InChI=1S/C37H44F4N8O5/c1-3-23-16-25(45-34(51)33-44-19-28(46(33)2)27-6-7-29(54-37(40)41)32(39)31(27)38)4-5-26(23)36(53)48-12-10-47(11-13-48)35(52)24-8-14-49(15-9-24,21-30(42)50)20-22-17-43-18-22/h4-7,16,19,22,24,37,43H,3,8-15,17-18,20-21H2,1-2H3,(H2-,42,45,50,51,53)/p+1. The van der Waals surface area contributed by atoms with E-state index in [1.807, 2.05) is 11.8 Å². The molecular formula is C37H45F4N8O5+. The number of rotatable bonds is 12. The summed E-state index contributed by atoms with van der Waals surface area (Å²) in [6.45, 7) is 4.70. The molecule has 3 saturated heterocycles. The van der Waals surface area contributed by atoms with E-state index in [-0.39, 0.29) is 40.7 Å². The van der Waals surface area contributed by atoms with Gasteiger partial charge in [-0.2, -0.15) is 13.2 Å². The predicted octanol–water partition coefficient (Wildman–Crippen LogP) is 3.00. The first-order chi connectivity index (χ1) is 25.8. The minimum absolute atomic E-state index is 0.0227. The zero-order valence-corrected chi connectivity index (χ0v) is 30.3. The topological polar surface area (TPSA) is 152 Å². The lowest BCUT2D eigenvalue weighted by Gasteiger charge is -2.47. The van der Waals surface area contributed by atoms with Crippen LogP contribution in [0.5, 0.6) is 5.75 Å². The number of primary amides is 1. The molecule has 13 nitrogen and oxygen atoms in total. The maximum atomic E-state index is 14.8. The quantitative estimate of drug-likeness (QED) is 0.190. The summed E-state index contributed by atoms with van der Waals surface area (Å²) in [6.07, 6.45) is 3.04. The molecule has 4 amide bonds. The van der Waals surface area contributed by atoms with E-state index in [1.54, 1.807) is 23.1 Å². The summed E-state index contributed by atoms with van der Waals surface area (Å²) in [5, 5.41) is 6.01. The van der Waals surface area contributed by atoms with Gasteiger partial charge in [-0.25, -0.2) is 9.37 Å². The number of amides is 4. The van der Waals surface area contributed by atoms with Crippen molar-refractivity contribution in [1.82, 2.24) is 24.7 Å². The fraction of sp³-hybridized carbons (Fsp3) is 0.486. The molecule has 4 N–H and O–H groups in total. The summed E-state index contributed by atoms with van der Waals surface area (Å²) >= 11 is 0. The van der Waals surface area contributed by atoms with Crippen LogP contribution in [0.25, 0.3) is 11.3 Å². The molecule has 0 unspecified atom stereocenters. The molecule has 3 aromatic rings. The van der Waals surface area contributed by atoms with Crippen LogP contribution in [0.1, 0.15) is 46.3 Å². The Balaban J connectivity index is 1.04. The van der Waals surface area contributed by atoms with Gasteiger partial charge in [-0.3, -0.25) is 19.2 Å². The number of piperazine rings is 1. The van der Waals surface area contributed by atoms with Crippen molar-refractivity contribution in [3.05, 3.63) is 65.1 Å². The van der Waals surface area contributed by atoms with Gasteiger partial charge in [-0.05, 0) is 42.3 Å². The van der Waals surface area contributed by atoms with Crippen molar-refractivity contribution in [3.63, 3.8) is 0 Å². The van der Waals surface area contributed by atoms with E-state index < -0.39 is 29.9 Å². The van der Waals surface area contributed by atoms with E-state index in [1.165, 1.54) is 11.6 Å². The minimum Gasteiger partial charge on any atom is -0.432 e. The fourth-order valence-corrected chi connectivity index (χ4v) is 7.83. The molecule has 0 spiro atoms. The second-order valence-electron chi connectivity index (χ2n) is 14.3. The third-order valence-corrected chi connectivity index (χ3v) is 10.8. The van der Waals surface area contributed by atoms with Gasteiger partial charge >= 0.3 is 6.61 Å². The zero-order chi connectivity index (χ0) is 38.7. The number of aromatic nitrogens is 2. The molecule has 0 saturated carbocycles. The highest BCUT2D eigenvalue weighted by Crippen LogP contribution is 2.32. The van der Waals surface area contributed by atoms with E-state index in [0.29, 0.717) is 79.2 Å². The molecule has 3 aliphatic heterocycles. The third kappa shape index (κ3) is 8.21. The van der Waals surface area contributed by atoms with Gasteiger partial charge in [0.2, 0.25) is 11.7 Å². The van der Waals surface area contributed by atoms with Crippen LogP contribution in [0.15, 0.2) is 36.5 Å². The lowest BCUT2D eigenvalue weighted by Crippen LogP contribution is -2.63. The largest absolute Gasteiger partial charge is 0.432 e. The van der Waals surface area contributed by atoms with Gasteiger partial charge in [-0.1, -0.05) is 6.92 Å². The highest BCUT2D eigenvalue weighted by atomic mass is 19.3. The molecule has 1 aromatic heterocycles. The molecule has 4 heterocycles. The number of benzene rings is 2. The number of piperidine rings is 1. The number of nitrogens with one attached hydrogen (secondary N) is 2. The Kier molecular flexibility index (Phi) is 11.6. The Labute approximate surface area is 310 Å². The Morgan fingerprint density at radius 2 is 1.70 bits per heavy atom. The molecule has 0 aliphatic carbocycles. The van der Waals surface area contributed by atoms with Gasteiger partial charge in [0.25, 0.3) is 17.7 Å². The van der Waals surface area contributed by atoms with Crippen molar-refractivity contribution in [2.24, 2.45) is 24.6 Å². The fourth-order valence-electron chi connectivity index (χ4n) is 7.83. The molecule has 0 radical (unpaired) electrons. The average molecular weight is 758 g/mol. The van der Waals surface area contributed by atoms with Crippen LogP contribution in [-0.2, 0) is 23.1 Å². The number of imidazole rings is 1. The number of halogens is 4. The average Bonchev–Trinajstić information content (AvgIpc) is 3.52. The number of aryl methyl sites for hydroxylation is 1. The summed E-state index contributed by atoms with van der Waals surface area (Å²) in [5.74, 6) is -4.78. The van der Waals surface area contributed by atoms with Crippen LogP contribution in [0.2, 0.25) is 0 Å². The van der Waals surface area contributed by atoms with E-state index in [2.05, 4.69) is 20.4 Å². The molecule has 290 valence electrons. The number of nitrogens with zero attached hydrogens (tertiary/aromatic N) is 5. The van der Waals surface area contributed by atoms with E-state index in [0.717, 1.165) is 51.1 Å². The van der Waals surface area contributed by atoms with E-state index in [4.69, 9.17) is 5.73 Å². The first-order valence-corrected chi connectivity index (χ1v) is 18.1. The van der Waals surface area contributed by atoms with Crippen LogP contribution in [0.4, 0.5) is 23.2 Å². The van der Waals surface area contributed by atoms with Crippen LogP contribution in [-0.4, -0.2) is 120 Å². The summed E-state index contributed by atoms with van der Waals surface area (Å²) in [4.78, 5) is 59.9. The van der Waals surface area contributed by atoms with Crippen LogP contribution in [0, 0.1) is 23.5 Å². The second kappa shape index (κ2) is 16.1. The van der Waals surface area contributed by atoms with E-state index >= 15 is 0 Å². The van der Waals surface area contributed by atoms with Crippen molar-refractivity contribution in [2.75, 3.05) is 70.8 Å². The number of anilines is 1. The molecule has 17 heteroatoms. The Morgan fingerprint density at radius 3 is 2.31 bits per heavy atom. The molecule has 3 fully saturated rings. The van der Waals surface area contributed by atoms with Crippen molar-refractivity contribution in [1.29, 1.82) is 0 Å². The van der Waals surface area contributed by atoms with Crippen LogP contribution < -0.4 is 21.1 Å². The van der Waals surface area contributed by atoms with Gasteiger partial charge in [0.05, 0.1) is 31.5 Å². The zero-order valence-electron chi connectivity index (χ0n) is 30.3. The number of nitrogens with two attached hydrogens (primary N) is 1. The third-order valence-electron chi connectivity index (χ3n) is 10.8.